The van der Waals surface area contributed by atoms with Crippen LogP contribution in [0.2, 0.25) is 0 Å². The third kappa shape index (κ3) is 1.16. The van der Waals surface area contributed by atoms with Crippen molar-refractivity contribution in [3.05, 3.63) is 29.8 Å². The number of carbonyl (C=O) groups is 1. The number of para-hydroxylation sites is 1. The summed E-state index contributed by atoms with van der Waals surface area (Å²) >= 11 is 0. The summed E-state index contributed by atoms with van der Waals surface area (Å²) in [4.78, 5) is 11.5. The van der Waals surface area contributed by atoms with E-state index in [2.05, 4.69) is 10.5 Å². The number of amides is 1. The lowest BCUT2D eigenvalue weighted by molar-refractivity contribution is -0.115. The van der Waals surface area contributed by atoms with Crippen molar-refractivity contribution in [3.8, 4) is 0 Å². The number of benzene rings is 1. The molecular weight excluding hydrogens is 180 g/mol. The number of fused-ring (bicyclic) bond motifs is 1. The van der Waals surface area contributed by atoms with Gasteiger partial charge in [0, 0.05) is 5.69 Å². The fourth-order valence-electron chi connectivity index (χ4n) is 1.68. The number of anilines is 1. The highest BCUT2D eigenvalue weighted by Crippen LogP contribution is 2.32. The van der Waals surface area contributed by atoms with E-state index < -0.39 is 5.92 Å². The Balaban J connectivity index is 2.50. The number of rotatable bonds is 1. The first-order chi connectivity index (χ1) is 6.74. The molecule has 0 aliphatic carbocycles. The highest BCUT2D eigenvalue weighted by Gasteiger charge is 2.32. The Bertz CT molecular complexity index is 412. The van der Waals surface area contributed by atoms with E-state index in [1.54, 1.807) is 6.92 Å². The molecule has 0 aromatic heterocycles. The summed E-state index contributed by atoms with van der Waals surface area (Å²) in [6.45, 7) is 1.63. The van der Waals surface area contributed by atoms with Gasteiger partial charge < -0.3 is 10.5 Å². The van der Waals surface area contributed by atoms with Crippen molar-refractivity contribution in [3.63, 3.8) is 0 Å². The van der Waals surface area contributed by atoms with Crippen molar-refractivity contribution < 1.29 is 10.0 Å². The molecule has 0 spiro atoms. The first kappa shape index (κ1) is 8.74. The van der Waals surface area contributed by atoms with Crippen LogP contribution in [-0.2, 0) is 4.79 Å². The normalized spacial score (nSPS) is 20.5. The summed E-state index contributed by atoms with van der Waals surface area (Å²) in [5.41, 5.74) is 2.07. The lowest BCUT2D eigenvalue weighted by Gasteiger charge is -2.05. The van der Waals surface area contributed by atoms with Gasteiger partial charge >= 0.3 is 0 Å². The van der Waals surface area contributed by atoms with Crippen LogP contribution in [-0.4, -0.2) is 16.8 Å². The van der Waals surface area contributed by atoms with Gasteiger partial charge in [-0.2, -0.15) is 0 Å². The van der Waals surface area contributed by atoms with E-state index in [4.69, 9.17) is 5.21 Å². The molecule has 14 heavy (non-hydrogen) atoms. The predicted molar refractivity (Wildman–Crippen MR) is 52.7 cm³/mol. The average Bonchev–Trinajstić information content (AvgIpc) is 2.53. The molecule has 0 bridgehead atoms. The molecule has 0 saturated heterocycles. The van der Waals surface area contributed by atoms with E-state index in [1.807, 2.05) is 24.3 Å². The molecule has 1 heterocycles. The minimum atomic E-state index is -0.448. The zero-order valence-electron chi connectivity index (χ0n) is 7.69. The molecule has 2 rings (SSSR count). The maximum atomic E-state index is 11.5. The Morgan fingerprint density at radius 1 is 1.50 bits per heavy atom. The maximum Gasteiger partial charge on any atom is 0.237 e. The molecule has 1 atom stereocenters. The Hall–Kier alpha value is -1.84. The second kappa shape index (κ2) is 3.14. The van der Waals surface area contributed by atoms with Gasteiger partial charge in [0.1, 0.15) is 5.92 Å². The third-order valence-electron chi connectivity index (χ3n) is 2.37. The lowest BCUT2D eigenvalue weighted by atomic mass is 9.97. The van der Waals surface area contributed by atoms with Crippen LogP contribution in [0, 0.1) is 0 Å². The second-order valence-electron chi connectivity index (χ2n) is 3.25. The molecule has 4 heteroatoms. The summed E-state index contributed by atoms with van der Waals surface area (Å²) in [6, 6.07) is 7.40. The average molecular weight is 190 g/mol. The minimum absolute atomic E-state index is 0.137. The van der Waals surface area contributed by atoms with Crippen LogP contribution in [0.3, 0.4) is 0 Å². The van der Waals surface area contributed by atoms with E-state index >= 15 is 0 Å². The van der Waals surface area contributed by atoms with E-state index in [0.29, 0.717) is 5.71 Å². The molecule has 0 saturated carbocycles. The zero-order valence-corrected chi connectivity index (χ0v) is 7.69. The number of hydrogen-bond acceptors (Lipinski definition) is 3. The van der Waals surface area contributed by atoms with Crippen molar-refractivity contribution in [2.45, 2.75) is 12.8 Å². The van der Waals surface area contributed by atoms with Crippen molar-refractivity contribution in [1.82, 2.24) is 0 Å². The molecule has 1 unspecified atom stereocenters. The molecule has 4 nitrogen and oxygen atoms in total. The summed E-state index contributed by atoms with van der Waals surface area (Å²) in [5, 5.41) is 14.5. The van der Waals surface area contributed by atoms with Crippen LogP contribution in [0.4, 0.5) is 5.69 Å². The van der Waals surface area contributed by atoms with E-state index in [0.717, 1.165) is 11.3 Å². The lowest BCUT2D eigenvalue weighted by Crippen LogP contribution is -2.18. The van der Waals surface area contributed by atoms with Crippen molar-refractivity contribution >= 4 is 17.3 Å². The highest BCUT2D eigenvalue weighted by molar-refractivity contribution is 6.17. The smallest absolute Gasteiger partial charge is 0.237 e. The summed E-state index contributed by atoms with van der Waals surface area (Å²) in [6.07, 6.45) is 0. The van der Waals surface area contributed by atoms with Crippen molar-refractivity contribution in [2.24, 2.45) is 5.16 Å². The quantitative estimate of drug-likeness (QED) is 0.401. The zero-order chi connectivity index (χ0) is 10.1. The van der Waals surface area contributed by atoms with Gasteiger partial charge in [-0.15, -0.1) is 0 Å². The Kier molecular flexibility index (Phi) is 1.96. The van der Waals surface area contributed by atoms with Gasteiger partial charge in [-0.05, 0) is 18.6 Å². The Morgan fingerprint density at radius 2 is 2.21 bits per heavy atom. The van der Waals surface area contributed by atoms with Crippen LogP contribution >= 0.6 is 0 Å². The highest BCUT2D eigenvalue weighted by atomic mass is 16.4. The van der Waals surface area contributed by atoms with Gasteiger partial charge in [0.25, 0.3) is 0 Å². The van der Waals surface area contributed by atoms with E-state index in [1.165, 1.54) is 0 Å². The number of hydrogen-bond donors (Lipinski definition) is 2. The SMILES string of the molecule is C/C(=N/O)C1C(=O)Nc2ccccc21. The third-order valence-corrected chi connectivity index (χ3v) is 2.37. The Labute approximate surface area is 81.2 Å². The summed E-state index contributed by atoms with van der Waals surface area (Å²) in [5.74, 6) is -0.585. The van der Waals surface area contributed by atoms with Gasteiger partial charge in [0.15, 0.2) is 0 Å². The number of nitrogens with one attached hydrogen (secondary N) is 1. The monoisotopic (exact) mass is 190 g/mol. The van der Waals surface area contributed by atoms with Crippen LogP contribution in [0.25, 0.3) is 0 Å². The first-order valence-electron chi connectivity index (χ1n) is 4.32. The van der Waals surface area contributed by atoms with Gasteiger partial charge in [0.05, 0.1) is 5.71 Å². The number of oxime groups is 1. The molecule has 1 aromatic carbocycles. The minimum Gasteiger partial charge on any atom is -0.411 e. The maximum absolute atomic E-state index is 11.5. The fraction of sp³-hybridized carbons (Fsp3) is 0.200. The topological polar surface area (TPSA) is 61.7 Å². The number of carbonyl (C=O) groups excluding carboxylic acids is 1. The molecule has 0 radical (unpaired) electrons. The molecule has 1 amide bonds. The molecular formula is C10H10N2O2. The van der Waals surface area contributed by atoms with Crippen LogP contribution in [0.1, 0.15) is 18.4 Å². The predicted octanol–water partition coefficient (Wildman–Crippen LogP) is 1.57. The first-order valence-corrected chi connectivity index (χ1v) is 4.32. The van der Waals surface area contributed by atoms with Gasteiger partial charge in [-0.25, -0.2) is 0 Å². The largest absolute Gasteiger partial charge is 0.411 e. The Morgan fingerprint density at radius 3 is 2.93 bits per heavy atom. The molecule has 1 aromatic rings. The molecule has 1 aliphatic rings. The molecule has 0 fully saturated rings. The van der Waals surface area contributed by atoms with Crippen LogP contribution in [0.15, 0.2) is 29.4 Å². The molecule has 72 valence electrons. The number of nitrogens with zero attached hydrogens (tertiary/aromatic N) is 1. The second-order valence-corrected chi connectivity index (χ2v) is 3.25. The summed E-state index contributed by atoms with van der Waals surface area (Å²) < 4.78 is 0. The van der Waals surface area contributed by atoms with Gasteiger partial charge in [-0.3, -0.25) is 4.79 Å². The van der Waals surface area contributed by atoms with Crippen LogP contribution in [0.5, 0.6) is 0 Å². The van der Waals surface area contributed by atoms with Crippen LogP contribution < -0.4 is 5.32 Å². The van der Waals surface area contributed by atoms with Gasteiger partial charge in [-0.1, -0.05) is 23.4 Å². The fourth-order valence-corrected chi connectivity index (χ4v) is 1.68. The van der Waals surface area contributed by atoms with E-state index in [-0.39, 0.29) is 5.91 Å². The van der Waals surface area contributed by atoms with Crippen molar-refractivity contribution in [2.75, 3.05) is 5.32 Å². The standard InChI is InChI=1S/C10H10N2O2/c1-6(12-14)9-7-4-2-3-5-8(7)11-10(9)13/h2-5,9,14H,1H3,(H,11,13)/b12-6-. The molecule has 2 N–H and O–H groups in total. The molecule has 1 aliphatic heterocycles. The summed E-state index contributed by atoms with van der Waals surface area (Å²) in [7, 11) is 0. The van der Waals surface area contributed by atoms with E-state index in [9.17, 15) is 4.79 Å². The van der Waals surface area contributed by atoms with Gasteiger partial charge in [0.2, 0.25) is 5.91 Å². The van der Waals surface area contributed by atoms with Crippen molar-refractivity contribution in [1.29, 1.82) is 0 Å².